The molecular weight excluding hydrogens is 471 g/mol. The van der Waals surface area contributed by atoms with Crippen molar-refractivity contribution in [2.45, 2.75) is 11.8 Å². The summed E-state index contributed by atoms with van der Waals surface area (Å²) < 4.78 is 41.0. The summed E-state index contributed by atoms with van der Waals surface area (Å²) >= 11 is 0. The maximum absolute atomic E-state index is 13.2. The second kappa shape index (κ2) is 10.2. The summed E-state index contributed by atoms with van der Waals surface area (Å²) in [6.45, 7) is 2.90. The molecule has 4 rings (SSSR count). The van der Waals surface area contributed by atoms with Crippen molar-refractivity contribution in [2.75, 3.05) is 41.7 Å². The fourth-order valence-corrected chi connectivity index (χ4v) is 5.30. The number of benzene rings is 3. The van der Waals surface area contributed by atoms with Crippen molar-refractivity contribution in [3.05, 3.63) is 84.2 Å². The van der Waals surface area contributed by atoms with E-state index in [1.165, 1.54) is 41.6 Å². The van der Waals surface area contributed by atoms with Crippen LogP contribution >= 0.6 is 0 Å². The number of nitrogens with zero attached hydrogens (tertiary/aromatic N) is 2. The van der Waals surface area contributed by atoms with Gasteiger partial charge in [0.1, 0.15) is 5.82 Å². The summed E-state index contributed by atoms with van der Waals surface area (Å²) in [5, 5.41) is 5.38. The van der Waals surface area contributed by atoms with E-state index in [0.29, 0.717) is 24.5 Å². The van der Waals surface area contributed by atoms with Crippen molar-refractivity contribution in [3.8, 4) is 0 Å². The van der Waals surface area contributed by atoms with Crippen LogP contribution in [0, 0.1) is 5.82 Å². The lowest BCUT2D eigenvalue weighted by molar-refractivity contribution is -0.114. The van der Waals surface area contributed by atoms with Gasteiger partial charge >= 0.3 is 0 Å². The molecule has 2 amide bonds. The molecule has 35 heavy (non-hydrogen) atoms. The molecule has 0 spiro atoms. The largest absolute Gasteiger partial charge is 0.369 e. The van der Waals surface area contributed by atoms with Gasteiger partial charge in [0, 0.05) is 55.7 Å². The van der Waals surface area contributed by atoms with Gasteiger partial charge in [-0.25, -0.2) is 12.8 Å². The summed E-state index contributed by atoms with van der Waals surface area (Å²) in [5.74, 6) is -0.965. The smallest absolute Gasteiger partial charge is 0.255 e. The molecule has 0 atom stereocenters. The minimum Gasteiger partial charge on any atom is -0.369 e. The zero-order valence-corrected chi connectivity index (χ0v) is 19.9. The third-order valence-corrected chi connectivity index (χ3v) is 7.52. The topological polar surface area (TPSA) is 98.8 Å². The molecule has 1 fully saturated rings. The second-order valence-corrected chi connectivity index (χ2v) is 10.0. The van der Waals surface area contributed by atoms with Gasteiger partial charge in [0.25, 0.3) is 5.91 Å². The molecule has 8 nitrogen and oxygen atoms in total. The zero-order valence-electron chi connectivity index (χ0n) is 19.1. The monoisotopic (exact) mass is 496 g/mol. The lowest BCUT2D eigenvalue weighted by Crippen LogP contribution is -2.48. The van der Waals surface area contributed by atoms with E-state index in [9.17, 15) is 22.4 Å². The molecule has 1 saturated heterocycles. The molecule has 1 aliphatic rings. The van der Waals surface area contributed by atoms with Crippen LogP contribution < -0.4 is 15.5 Å². The van der Waals surface area contributed by atoms with Gasteiger partial charge in [-0.3, -0.25) is 9.59 Å². The number of carbonyl (C=O) groups is 2. The highest BCUT2D eigenvalue weighted by molar-refractivity contribution is 7.89. The number of nitrogens with one attached hydrogen (secondary N) is 2. The first-order valence-corrected chi connectivity index (χ1v) is 12.5. The summed E-state index contributed by atoms with van der Waals surface area (Å²) in [6, 6.07) is 18.6. The molecule has 0 aromatic heterocycles. The van der Waals surface area contributed by atoms with Crippen molar-refractivity contribution < 1.29 is 22.4 Å². The number of amides is 2. The number of hydrogen-bond acceptors (Lipinski definition) is 5. The number of sulfonamides is 1. The Morgan fingerprint density at radius 3 is 2.03 bits per heavy atom. The molecule has 3 aromatic carbocycles. The van der Waals surface area contributed by atoms with Gasteiger partial charge in [-0.1, -0.05) is 6.07 Å². The van der Waals surface area contributed by atoms with Crippen molar-refractivity contribution in [3.63, 3.8) is 0 Å². The number of hydrogen-bond donors (Lipinski definition) is 2. The number of anilines is 3. The Hall–Kier alpha value is -3.76. The van der Waals surface area contributed by atoms with Gasteiger partial charge in [-0.05, 0) is 66.7 Å². The lowest BCUT2D eigenvalue weighted by Gasteiger charge is -2.35. The molecule has 0 bridgehead atoms. The van der Waals surface area contributed by atoms with Gasteiger partial charge in [0.2, 0.25) is 15.9 Å². The van der Waals surface area contributed by atoms with Crippen LogP contribution in [-0.4, -0.2) is 50.7 Å². The van der Waals surface area contributed by atoms with Gasteiger partial charge in [0.05, 0.1) is 4.90 Å². The van der Waals surface area contributed by atoms with Crippen LogP contribution in [0.2, 0.25) is 0 Å². The number of piperazine rings is 1. The van der Waals surface area contributed by atoms with Crippen LogP contribution in [0.1, 0.15) is 17.3 Å². The molecule has 3 aromatic rings. The Kier molecular flexibility index (Phi) is 7.13. The Balaban J connectivity index is 1.42. The number of halogens is 1. The first kappa shape index (κ1) is 24.4. The zero-order chi connectivity index (χ0) is 25.0. The van der Waals surface area contributed by atoms with Gasteiger partial charge in [-0.2, -0.15) is 4.31 Å². The van der Waals surface area contributed by atoms with Crippen molar-refractivity contribution in [2.24, 2.45) is 0 Å². The minimum atomic E-state index is -3.79. The molecule has 1 heterocycles. The van der Waals surface area contributed by atoms with E-state index in [1.54, 1.807) is 42.5 Å². The van der Waals surface area contributed by atoms with Crippen molar-refractivity contribution >= 4 is 38.9 Å². The lowest BCUT2D eigenvalue weighted by atomic mass is 10.2. The molecule has 0 saturated carbocycles. The summed E-state index contributed by atoms with van der Waals surface area (Å²) in [5.41, 5.74) is 2.16. The molecule has 1 aliphatic heterocycles. The second-order valence-electron chi connectivity index (χ2n) is 8.11. The average Bonchev–Trinajstić information content (AvgIpc) is 2.85. The van der Waals surface area contributed by atoms with Crippen LogP contribution in [-0.2, 0) is 14.8 Å². The third-order valence-electron chi connectivity index (χ3n) is 5.63. The van der Waals surface area contributed by atoms with E-state index < -0.39 is 15.9 Å². The first-order chi connectivity index (χ1) is 16.7. The fourth-order valence-electron chi connectivity index (χ4n) is 3.83. The highest BCUT2D eigenvalue weighted by Gasteiger charge is 2.29. The predicted octanol–water partition coefficient (Wildman–Crippen LogP) is 3.55. The van der Waals surface area contributed by atoms with E-state index in [4.69, 9.17) is 0 Å². The minimum absolute atomic E-state index is 0.0430. The Morgan fingerprint density at radius 2 is 1.43 bits per heavy atom. The molecule has 0 radical (unpaired) electrons. The quantitative estimate of drug-likeness (QED) is 0.544. The molecule has 10 heteroatoms. The van der Waals surface area contributed by atoms with E-state index in [1.807, 2.05) is 4.90 Å². The van der Waals surface area contributed by atoms with Crippen LogP contribution in [0.4, 0.5) is 21.5 Å². The molecule has 2 N–H and O–H groups in total. The van der Waals surface area contributed by atoms with Gasteiger partial charge in [0.15, 0.2) is 0 Å². The number of carbonyl (C=O) groups excluding carboxylic acids is 2. The Bertz CT molecular complexity index is 1320. The summed E-state index contributed by atoms with van der Waals surface area (Å²) in [7, 11) is -3.79. The maximum atomic E-state index is 13.2. The van der Waals surface area contributed by atoms with Crippen LogP contribution in [0.5, 0.6) is 0 Å². The first-order valence-electron chi connectivity index (χ1n) is 11.0. The molecule has 182 valence electrons. The molecule has 0 aliphatic carbocycles. The predicted molar refractivity (Wildman–Crippen MR) is 133 cm³/mol. The standard InChI is InChI=1S/C25H25FN4O4S/c1-18(31)27-21-7-9-22(10-8-21)28-25(32)19-3-2-4-24(17-19)35(33,34)30-15-13-29(14-16-30)23-11-5-20(26)6-12-23/h2-12,17H,13-16H2,1H3,(H,27,31)(H,28,32). The van der Waals surface area contributed by atoms with E-state index in [-0.39, 0.29) is 35.3 Å². The Labute approximate surface area is 203 Å². The van der Waals surface area contributed by atoms with Crippen LogP contribution in [0.15, 0.2) is 77.7 Å². The van der Waals surface area contributed by atoms with Gasteiger partial charge < -0.3 is 15.5 Å². The van der Waals surface area contributed by atoms with E-state index in [2.05, 4.69) is 10.6 Å². The highest BCUT2D eigenvalue weighted by atomic mass is 32.2. The van der Waals surface area contributed by atoms with E-state index in [0.717, 1.165) is 5.69 Å². The average molecular weight is 497 g/mol. The van der Waals surface area contributed by atoms with Crippen LogP contribution in [0.3, 0.4) is 0 Å². The normalized spacial score (nSPS) is 14.4. The Morgan fingerprint density at radius 1 is 0.829 bits per heavy atom. The van der Waals surface area contributed by atoms with Crippen molar-refractivity contribution in [1.29, 1.82) is 0 Å². The summed E-state index contributed by atoms with van der Waals surface area (Å²) in [6.07, 6.45) is 0. The van der Waals surface area contributed by atoms with Gasteiger partial charge in [-0.15, -0.1) is 0 Å². The maximum Gasteiger partial charge on any atom is 0.255 e. The third kappa shape index (κ3) is 5.84. The number of rotatable bonds is 6. The molecular formula is C25H25FN4O4S. The highest BCUT2D eigenvalue weighted by Crippen LogP contribution is 2.23. The molecule has 0 unspecified atom stereocenters. The fraction of sp³-hybridized carbons (Fsp3) is 0.200. The van der Waals surface area contributed by atoms with Crippen molar-refractivity contribution in [1.82, 2.24) is 4.31 Å². The van der Waals surface area contributed by atoms with Crippen LogP contribution in [0.25, 0.3) is 0 Å². The van der Waals surface area contributed by atoms with E-state index >= 15 is 0 Å². The summed E-state index contributed by atoms with van der Waals surface area (Å²) in [4.78, 5) is 25.9. The SMILES string of the molecule is CC(=O)Nc1ccc(NC(=O)c2cccc(S(=O)(=O)N3CCN(c4ccc(F)cc4)CC3)c2)cc1.